The fourth-order valence-electron chi connectivity index (χ4n) is 1.79. The summed E-state index contributed by atoms with van der Waals surface area (Å²) in [6.07, 6.45) is 1.34. The lowest BCUT2D eigenvalue weighted by Gasteiger charge is -2.43. The maximum absolute atomic E-state index is 13.8. The standard InChI is InChI=1S/C10H20FNO/c1-9(2,3)12-6-4-5-10(11,7-12)8-13/h13H,4-8H2,1-3H3/t10-/m0/s1. The van der Waals surface area contributed by atoms with Gasteiger partial charge >= 0.3 is 0 Å². The Morgan fingerprint density at radius 1 is 1.46 bits per heavy atom. The van der Waals surface area contributed by atoms with Crippen LogP contribution in [0.1, 0.15) is 33.6 Å². The van der Waals surface area contributed by atoms with Crippen molar-refractivity contribution in [3.8, 4) is 0 Å². The third-order valence-electron chi connectivity index (χ3n) is 2.76. The van der Waals surface area contributed by atoms with Crippen molar-refractivity contribution < 1.29 is 9.50 Å². The summed E-state index contributed by atoms with van der Waals surface area (Å²) in [5, 5.41) is 8.93. The first-order valence-electron chi connectivity index (χ1n) is 4.92. The van der Waals surface area contributed by atoms with E-state index >= 15 is 0 Å². The van der Waals surface area contributed by atoms with Gasteiger partial charge in [0.2, 0.25) is 0 Å². The summed E-state index contributed by atoms with van der Waals surface area (Å²) in [7, 11) is 0. The SMILES string of the molecule is CC(C)(C)N1CCC[C@@](F)(CO)C1. The molecule has 3 heteroatoms. The molecule has 1 fully saturated rings. The number of likely N-dealkylation sites (tertiary alicyclic amines) is 1. The predicted molar refractivity (Wildman–Crippen MR) is 51.5 cm³/mol. The van der Waals surface area contributed by atoms with Crippen molar-refractivity contribution in [2.45, 2.75) is 44.8 Å². The number of nitrogens with zero attached hydrogens (tertiary/aromatic N) is 1. The molecule has 1 rings (SSSR count). The minimum Gasteiger partial charge on any atom is -0.393 e. The molecule has 0 bridgehead atoms. The summed E-state index contributed by atoms with van der Waals surface area (Å²) in [6, 6.07) is 0. The third-order valence-corrected chi connectivity index (χ3v) is 2.76. The topological polar surface area (TPSA) is 23.5 Å². The molecule has 1 aliphatic heterocycles. The number of hydrogen-bond donors (Lipinski definition) is 1. The van der Waals surface area contributed by atoms with Gasteiger partial charge in [-0.3, -0.25) is 4.90 Å². The number of aliphatic hydroxyl groups is 1. The molecule has 1 N–H and O–H groups in total. The molecule has 2 nitrogen and oxygen atoms in total. The lowest BCUT2D eigenvalue weighted by Crippen LogP contribution is -2.54. The van der Waals surface area contributed by atoms with Crippen molar-refractivity contribution in [2.75, 3.05) is 19.7 Å². The van der Waals surface area contributed by atoms with Gasteiger partial charge in [0.05, 0.1) is 6.61 Å². The Bertz CT molecular complexity index is 178. The van der Waals surface area contributed by atoms with Gasteiger partial charge in [-0.25, -0.2) is 4.39 Å². The maximum Gasteiger partial charge on any atom is 0.146 e. The van der Waals surface area contributed by atoms with Gasteiger partial charge in [0.25, 0.3) is 0 Å². The highest BCUT2D eigenvalue weighted by Crippen LogP contribution is 2.28. The van der Waals surface area contributed by atoms with E-state index in [1.807, 2.05) is 0 Å². The highest BCUT2D eigenvalue weighted by Gasteiger charge is 2.38. The van der Waals surface area contributed by atoms with Crippen LogP contribution in [0.25, 0.3) is 0 Å². The van der Waals surface area contributed by atoms with E-state index in [4.69, 9.17) is 5.11 Å². The molecule has 0 aromatic carbocycles. The fourth-order valence-corrected chi connectivity index (χ4v) is 1.79. The molecule has 1 heterocycles. The van der Waals surface area contributed by atoms with Crippen LogP contribution in [0.5, 0.6) is 0 Å². The number of aliphatic hydroxyl groups excluding tert-OH is 1. The van der Waals surface area contributed by atoms with Crippen molar-refractivity contribution in [3.63, 3.8) is 0 Å². The largest absolute Gasteiger partial charge is 0.393 e. The Labute approximate surface area is 79.7 Å². The quantitative estimate of drug-likeness (QED) is 0.677. The van der Waals surface area contributed by atoms with Gasteiger partial charge in [-0.15, -0.1) is 0 Å². The summed E-state index contributed by atoms with van der Waals surface area (Å²) in [5.74, 6) is 0. The molecule has 0 saturated carbocycles. The second-order valence-corrected chi connectivity index (χ2v) is 5.00. The molecule has 1 aliphatic rings. The molecule has 13 heavy (non-hydrogen) atoms. The first kappa shape index (κ1) is 10.9. The fraction of sp³-hybridized carbons (Fsp3) is 1.00. The molecular weight excluding hydrogens is 169 g/mol. The van der Waals surface area contributed by atoms with Crippen molar-refractivity contribution >= 4 is 0 Å². The van der Waals surface area contributed by atoms with E-state index in [0.717, 1.165) is 13.0 Å². The molecule has 0 unspecified atom stereocenters. The second-order valence-electron chi connectivity index (χ2n) is 5.00. The average molecular weight is 189 g/mol. The highest BCUT2D eigenvalue weighted by atomic mass is 19.1. The van der Waals surface area contributed by atoms with E-state index in [-0.39, 0.29) is 12.1 Å². The third kappa shape index (κ3) is 2.64. The van der Waals surface area contributed by atoms with Crippen LogP contribution in [0.2, 0.25) is 0 Å². The number of piperidine rings is 1. The predicted octanol–water partition coefficient (Wildman–Crippen LogP) is 1.58. The Morgan fingerprint density at radius 3 is 2.54 bits per heavy atom. The number of rotatable bonds is 1. The molecule has 1 saturated heterocycles. The van der Waals surface area contributed by atoms with Crippen LogP contribution in [-0.2, 0) is 0 Å². The number of hydrogen-bond acceptors (Lipinski definition) is 2. The molecular formula is C10H20FNO. The zero-order valence-corrected chi connectivity index (χ0v) is 8.81. The summed E-state index contributed by atoms with van der Waals surface area (Å²) in [6.45, 7) is 7.20. The zero-order valence-electron chi connectivity index (χ0n) is 8.81. The van der Waals surface area contributed by atoms with Gasteiger partial charge in [-0.05, 0) is 40.2 Å². The van der Waals surface area contributed by atoms with Crippen LogP contribution in [0, 0.1) is 0 Å². The molecule has 0 spiro atoms. The van der Waals surface area contributed by atoms with Gasteiger partial charge in [0.1, 0.15) is 5.67 Å². The monoisotopic (exact) mass is 189 g/mol. The molecule has 0 aliphatic carbocycles. The Balaban J connectivity index is 2.62. The number of halogens is 1. The second kappa shape index (κ2) is 3.54. The van der Waals surface area contributed by atoms with E-state index in [2.05, 4.69) is 25.7 Å². The maximum atomic E-state index is 13.8. The Hall–Kier alpha value is -0.150. The first-order chi connectivity index (χ1) is 5.87. The molecule has 0 aromatic heterocycles. The van der Waals surface area contributed by atoms with E-state index in [1.165, 1.54) is 0 Å². The van der Waals surface area contributed by atoms with Gasteiger partial charge in [0.15, 0.2) is 0 Å². The van der Waals surface area contributed by atoms with Gasteiger partial charge in [0, 0.05) is 12.1 Å². The minimum absolute atomic E-state index is 0.00687. The minimum atomic E-state index is -1.37. The van der Waals surface area contributed by atoms with Crippen LogP contribution in [-0.4, -0.2) is 40.9 Å². The molecule has 0 radical (unpaired) electrons. The average Bonchev–Trinajstić information content (AvgIpc) is 2.03. The first-order valence-corrected chi connectivity index (χ1v) is 4.92. The van der Waals surface area contributed by atoms with Crippen LogP contribution in [0.15, 0.2) is 0 Å². The number of alkyl halides is 1. The van der Waals surface area contributed by atoms with Crippen LogP contribution in [0.4, 0.5) is 4.39 Å². The smallest absolute Gasteiger partial charge is 0.146 e. The van der Waals surface area contributed by atoms with E-state index in [0.29, 0.717) is 13.0 Å². The van der Waals surface area contributed by atoms with Crippen molar-refractivity contribution in [3.05, 3.63) is 0 Å². The Kier molecular flexibility index (Phi) is 2.98. The van der Waals surface area contributed by atoms with Crippen LogP contribution < -0.4 is 0 Å². The molecule has 78 valence electrons. The van der Waals surface area contributed by atoms with E-state index in [1.54, 1.807) is 0 Å². The normalized spacial score (nSPS) is 32.1. The molecule has 0 aromatic rings. The molecule has 1 atom stereocenters. The van der Waals surface area contributed by atoms with Gasteiger partial charge in [-0.1, -0.05) is 0 Å². The van der Waals surface area contributed by atoms with Crippen molar-refractivity contribution in [1.82, 2.24) is 4.90 Å². The summed E-state index contributed by atoms with van der Waals surface area (Å²) < 4.78 is 13.8. The Morgan fingerprint density at radius 2 is 2.08 bits per heavy atom. The highest BCUT2D eigenvalue weighted by molar-refractivity contribution is 4.91. The van der Waals surface area contributed by atoms with E-state index in [9.17, 15) is 4.39 Å². The van der Waals surface area contributed by atoms with Crippen molar-refractivity contribution in [1.29, 1.82) is 0 Å². The van der Waals surface area contributed by atoms with Crippen LogP contribution >= 0.6 is 0 Å². The summed E-state index contributed by atoms with van der Waals surface area (Å²) in [5.41, 5.74) is -1.36. The summed E-state index contributed by atoms with van der Waals surface area (Å²) >= 11 is 0. The molecule has 0 amide bonds. The lowest BCUT2D eigenvalue weighted by atomic mass is 9.92. The lowest BCUT2D eigenvalue weighted by molar-refractivity contribution is -0.0315. The van der Waals surface area contributed by atoms with Gasteiger partial charge < -0.3 is 5.11 Å². The van der Waals surface area contributed by atoms with Crippen LogP contribution in [0.3, 0.4) is 0 Å². The van der Waals surface area contributed by atoms with Crippen molar-refractivity contribution in [2.24, 2.45) is 0 Å². The summed E-state index contributed by atoms with van der Waals surface area (Å²) in [4.78, 5) is 2.10. The van der Waals surface area contributed by atoms with Gasteiger partial charge in [-0.2, -0.15) is 0 Å². The van der Waals surface area contributed by atoms with E-state index < -0.39 is 5.67 Å². The zero-order chi connectivity index (χ0) is 10.1.